The molecule has 1 atom stereocenters. The molecule has 2 amide bonds. The summed E-state index contributed by atoms with van der Waals surface area (Å²) in [4.78, 5) is 27.3. The Bertz CT molecular complexity index is 801. The molecule has 0 heterocycles. The van der Waals surface area contributed by atoms with Crippen molar-refractivity contribution in [2.24, 2.45) is 0 Å². The Balaban J connectivity index is 2.11. The Morgan fingerprint density at radius 3 is 2.03 bits per heavy atom. The molecule has 4 nitrogen and oxygen atoms in total. The van der Waals surface area contributed by atoms with Crippen LogP contribution in [0.3, 0.4) is 0 Å². The first-order valence-corrected chi connectivity index (χ1v) is 11.0. The molecule has 2 rings (SSSR count). The highest BCUT2D eigenvalue weighted by molar-refractivity contribution is 9.10. The molecule has 1 N–H and O–H groups in total. The number of nitrogens with one attached hydrogen (secondary N) is 1. The van der Waals surface area contributed by atoms with Crippen molar-refractivity contribution in [2.75, 3.05) is 0 Å². The van der Waals surface area contributed by atoms with Crippen LogP contribution in [0.2, 0.25) is 0 Å². The maximum atomic E-state index is 13.1. The summed E-state index contributed by atoms with van der Waals surface area (Å²) < 4.78 is 0.986. The van der Waals surface area contributed by atoms with E-state index in [4.69, 9.17) is 0 Å². The lowest BCUT2D eigenvalue weighted by atomic mass is 10.0. The predicted octanol–water partition coefficient (Wildman–Crippen LogP) is 4.89. The first-order valence-electron chi connectivity index (χ1n) is 10.2. The normalized spacial score (nSPS) is 11.9. The Kier molecular flexibility index (Phi) is 8.90. The largest absolute Gasteiger partial charge is 0.352 e. The molecular formula is C24H31BrN2O2. The van der Waals surface area contributed by atoms with E-state index >= 15 is 0 Å². The van der Waals surface area contributed by atoms with E-state index in [0.717, 1.165) is 22.0 Å². The number of carbonyl (C=O) groups is 2. The van der Waals surface area contributed by atoms with Crippen molar-refractivity contribution in [1.29, 1.82) is 0 Å². The lowest BCUT2D eigenvalue weighted by Gasteiger charge is -2.29. The van der Waals surface area contributed by atoms with Crippen LogP contribution in [0.25, 0.3) is 0 Å². The molecule has 0 radical (unpaired) electrons. The third kappa shape index (κ3) is 7.32. The van der Waals surface area contributed by atoms with E-state index in [1.54, 1.807) is 11.8 Å². The SMILES string of the molecule is CCc1ccc(CCC(=O)N(Cc2ccc(Br)cc2)[C@@H](C)C(=O)NC(C)C)cc1. The summed E-state index contributed by atoms with van der Waals surface area (Å²) in [6.45, 7) is 8.18. The van der Waals surface area contributed by atoms with Gasteiger partial charge in [0.05, 0.1) is 0 Å². The van der Waals surface area contributed by atoms with Crippen LogP contribution in [0.4, 0.5) is 0 Å². The lowest BCUT2D eigenvalue weighted by molar-refractivity contribution is -0.140. The van der Waals surface area contributed by atoms with Gasteiger partial charge in [0.15, 0.2) is 0 Å². The fraction of sp³-hybridized carbons (Fsp3) is 0.417. The van der Waals surface area contributed by atoms with Crippen LogP contribution < -0.4 is 5.32 Å². The molecule has 0 saturated carbocycles. The van der Waals surface area contributed by atoms with Crippen LogP contribution in [0.5, 0.6) is 0 Å². The summed E-state index contributed by atoms with van der Waals surface area (Å²) in [6.07, 6.45) is 2.04. The summed E-state index contributed by atoms with van der Waals surface area (Å²) >= 11 is 3.44. The highest BCUT2D eigenvalue weighted by Crippen LogP contribution is 2.16. The number of amides is 2. The summed E-state index contributed by atoms with van der Waals surface area (Å²) in [7, 11) is 0. The third-order valence-electron chi connectivity index (χ3n) is 4.92. The fourth-order valence-corrected chi connectivity index (χ4v) is 3.38. The Labute approximate surface area is 182 Å². The van der Waals surface area contributed by atoms with Gasteiger partial charge in [0.25, 0.3) is 0 Å². The van der Waals surface area contributed by atoms with Gasteiger partial charge < -0.3 is 10.2 Å². The quantitative estimate of drug-likeness (QED) is 0.581. The standard InChI is InChI=1S/C24H31BrN2O2/c1-5-19-6-8-20(9-7-19)12-15-23(28)27(18(4)24(29)26-17(2)3)16-21-10-13-22(25)14-11-21/h6-11,13-14,17-18H,5,12,15-16H2,1-4H3,(H,26,29)/t18-/m0/s1. The van der Waals surface area contributed by atoms with Crippen molar-refractivity contribution in [3.05, 3.63) is 69.7 Å². The summed E-state index contributed by atoms with van der Waals surface area (Å²) in [5.41, 5.74) is 3.42. The van der Waals surface area contributed by atoms with Crippen LogP contribution in [-0.4, -0.2) is 28.8 Å². The van der Waals surface area contributed by atoms with Crippen molar-refractivity contribution < 1.29 is 9.59 Å². The van der Waals surface area contributed by atoms with Gasteiger partial charge in [-0.2, -0.15) is 0 Å². The zero-order valence-corrected chi connectivity index (χ0v) is 19.3. The van der Waals surface area contributed by atoms with Crippen LogP contribution in [0.1, 0.15) is 50.8 Å². The molecule has 2 aromatic rings. The predicted molar refractivity (Wildman–Crippen MR) is 122 cm³/mol. The Morgan fingerprint density at radius 2 is 1.48 bits per heavy atom. The zero-order chi connectivity index (χ0) is 21.4. The van der Waals surface area contributed by atoms with E-state index in [1.165, 1.54) is 5.56 Å². The Morgan fingerprint density at radius 1 is 0.931 bits per heavy atom. The first kappa shape index (κ1) is 23.1. The monoisotopic (exact) mass is 458 g/mol. The minimum atomic E-state index is -0.531. The lowest BCUT2D eigenvalue weighted by Crippen LogP contribution is -2.49. The summed E-state index contributed by atoms with van der Waals surface area (Å²) in [6, 6.07) is 15.7. The van der Waals surface area contributed by atoms with E-state index < -0.39 is 6.04 Å². The molecule has 0 spiro atoms. The van der Waals surface area contributed by atoms with Crippen molar-refractivity contribution in [2.45, 2.75) is 65.6 Å². The van der Waals surface area contributed by atoms with Gasteiger partial charge in [0, 0.05) is 23.5 Å². The molecule has 0 fully saturated rings. The molecule has 0 bridgehead atoms. The van der Waals surface area contributed by atoms with E-state index in [2.05, 4.69) is 52.4 Å². The molecule has 29 heavy (non-hydrogen) atoms. The highest BCUT2D eigenvalue weighted by Gasteiger charge is 2.26. The topological polar surface area (TPSA) is 49.4 Å². The number of aryl methyl sites for hydroxylation is 2. The van der Waals surface area contributed by atoms with Crippen molar-refractivity contribution >= 4 is 27.7 Å². The summed E-state index contributed by atoms with van der Waals surface area (Å²) in [5, 5.41) is 2.92. The Hall–Kier alpha value is -2.14. The van der Waals surface area contributed by atoms with Crippen molar-refractivity contribution in [3.63, 3.8) is 0 Å². The second-order valence-corrected chi connectivity index (χ2v) is 8.57. The molecule has 0 unspecified atom stereocenters. The average molecular weight is 459 g/mol. The van der Waals surface area contributed by atoms with Crippen LogP contribution in [0, 0.1) is 0 Å². The molecule has 2 aromatic carbocycles. The van der Waals surface area contributed by atoms with Crippen LogP contribution in [-0.2, 0) is 29.0 Å². The molecule has 156 valence electrons. The first-order chi connectivity index (χ1) is 13.8. The number of halogens is 1. The number of carbonyl (C=O) groups excluding carboxylic acids is 2. The summed E-state index contributed by atoms with van der Waals surface area (Å²) in [5.74, 6) is -0.142. The van der Waals surface area contributed by atoms with Gasteiger partial charge in [-0.1, -0.05) is 59.3 Å². The van der Waals surface area contributed by atoms with Gasteiger partial charge in [-0.05, 0) is 62.4 Å². The van der Waals surface area contributed by atoms with Gasteiger partial charge in [-0.3, -0.25) is 9.59 Å². The fourth-order valence-electron chi connectivity index (χ4n) is 3.11. The smallest absolute Gasteiger partial charge is 0.242 e. The van der Waals surface area contributed by atoms with Gasteiger partial charge in [-0.15, -0.1) is 0 Å². The third-order valence-corrected chi connectivity index (χ3v) is 5.45. The number of hydrogen-bond acceptors (Lipinski definition) is 2. The average Bonchev–Trinajstić information content (AvgIpc) is 2.71. The number of benzene rings is 2. The van der Waals surface area contributed by atoms with E-state index in [9.17, 15) is 9.59 Å². The molecule has 5 heteroatoms. The minimum Gasteiger partial charge on any atom is -0.352 e. The van der Waals surface area contributed by atoms with Gasteiger partial charge in [0.1, 0.15) is 6.04 Å². The van der Waals surface area contributed by atoms with Gasteiger partial charge in [0.2, 0.25) is 11.8 Å². The molecule has 0 aliphatic carbocycles. The van der Waals surface area contributed by atoms with E-state index in [1.807, 2.05) is 38.1 Å². The van der Waals surface area contributed by atoms with Crippen molar-refractivity contribution in [3.8, 4) is 0 Å². The molecule has 0 saturated heterocycles. The maximum Gasteiger partial charge on any atom is 0.242 e. The zero-order valence-electron chi connectivity index (χ0n) is 17.7. The van der Waals surface area contributed by atoms with Crippen LogP contribution in [0.15, 0.2) is 53.0 Å². The molecule has 0 aromatic heterocycles. The van der Waals surface area contributed by atoms with Gasteiger partial charge >= 0.3 is 0 Å². The number of nitrogens with zero attached hydrogens (tertiary/aromatic N) is 1. The highest BCUT2D eigenvalue weighted by atomic mass is 79.9. The van der Waals surface area contributed by atoms with E-state index in [-0.39, 0.29) is 17.9 Å². The van der Waals surface area contributed by atoms with Crippen molar-refractivity contribution in [1.82, 2.24) is 10.2 Å². The molecule has 0 aliphatic rings. The molecular weight excluding hydrogens is 428 g/mol. The van der Waals surface area contributed by atoms with Gasteiger partial charge in [-0.25, -0.2) is 0 Å². The number of rotatable bonds is 9. The van der Waals surface area contributed by atoms with E-state index in [0.29, 0.717) is 19.4 Å². The van der Waals surface area contributed by atoms with Crippen LogP contribution >= 0.6 is 15.9 Å². The maximum absolute atomic E-state index is 13.1. The molecule has 0 aliphatic heterocycles. The second kappa shape index (κ2) is 11.1. The second-order valence-electron chi connectivity index (χ2n) is 7.66. The number of hydrogen-bond donors (Lipinski definition) is 1. The minimum absolute atomic E-state index is 0.0149.